The molecule has 3 aromatic rings. The highest BCUT2D eigenvalue weighted by Gasteiger charge is 2.22. The number of carbonyl (C=O) groups excluding carboxylic acids is 1. The molecule has 0 saturated heterocycles. The van der Waals surface area contributed by atoms with Gasteiger partial charge in [-0.05, 0) is 38.5 Å². The second kappa shape index (κ2) is 7.52. The van der Waals surface area contributed by atoms with Crippen LogP contribution in [0.25, 0.3) is 5.69 Å². The fourth-order valence-electron chi connectivity index (χ4n) is 2.61. The Morgan fingerprint density at radius 2 is 1.73 bits per heavy atom. The van der Waals surface area contributed by atoms with Crippen molar-refractivity contribution in [1.82, 2.24) is 19.7 Å². The summed E-state index contributed by atoms with van der Waals surface area (Å²) in [7, 11) is 1.77. The van der Waals surface area contributed by atoms with Crippen LogP contribution in [-0.4, -0.2) is 38.7 Å². The van der Waals surface area contributed by atoms with E-state index in [9.17, 15) is 4.79 Å². The smallest absolute Gasteiger partial charge is 0.293 e. The molecule has 0 aliphatic carbocycles. The molecular weight excluding hydrogens is 324 g/mol. The molecule has 1 amide bonds. The molecule has 0 aliphatic rings. The molecule has 0 fully saturated rings. The van der Waals surface area contributed by atoms with Crippen LogP contribution < -0.4 is 0 Å². The van der Waals surface area contributed by atoms with E-state index in [1.807, 2.05) is 63.2 Å². The molecular formula is C21H24N4O. The van der Waals surface area contributed by atoms with Crippen LogP contribution >= 0.6 is 0 Å². The normalized spacial score (nSPS) is 11.0. The number of amides is 1. The molecule has 3 rings (SSSR count). The van der Waals surface area contributed by atoms with E-state index in [1.54, 1.807) is 16.6 Å². The first-order valence-electron chi connectivity index (χ1n) is 8.80. The Bertz CT molecular complexity index is 882. The van der Waals surface area contributed by atoms with Crippen molar-refractivity contribution in [2.75, 3.05) is 7.05 Å². The van der Waals surface area contributed by atoms with Crippen molar-refractivity contribution >= 4 is 5.91 Å². The van der Waals surface area contributed by atoms with Crippen LogP contribution in [0.3, 0.4) is 0 Å². The predicted molar refractivity (Wildman–Crippen MR) is 103 cm³/mol. The van der Waals surface area contributed by atoms with Gasteiger partial charge in [-0.3, -0.25) is 4.79 Å². The minimum absolute atomic E-state index is 0.0893. The van der Waals surface area contributed by atoms with Gasteiger partial charge < -0.3 is 4.90 Å². The van der Waals surface area contributed by atoms with Crippen molar-refractivity contribution in [3.05, 3.63) is 77.4 Å². The SMILES string of the molecule is Cc1ccc(-n2nc(C(=O)N(C)C(C)C)nc2Cc2ccccc2)cc1. The van der Waals surface area contributed by atoms with Crippen molar-refractivity contribution in [2.45, 2.75) is 33.2 Å². The highest BCUT2D eigenvalue weighted by atomic mass is 16.2. The Hall–Kier alpha value is -2.95. The van der Waals surface area contributed by atoms with Crippen LogP contribution in [-0.2, 0) is 6.42 Å². The lowest BCUT2D eigenvalue weighted by Crippen LogP contribution is -2.33. The molecule has 0 radical (unpaired) electrons. The van der Waals surface area contributed by atoms with Crippen LogP contribution in [0.15, 0.2) is 54.6 Å². The van der Waals surface area contributed by atoms with Crippen LogP contribution in [0, 0.1) is 6.92 Å². The first kappa shape index (κ1) is 17.9. The van der Waals surface area contributed by atoms with Crippen LogP contribution in [0.1, 0.15) is 41.4 Å². The van der Waals surface area contributed by atoms with Gasteiger partial charge in [-0.25, -0.2) is 9.67 Å². The van der Waals surface area contributed by atoms with E-state index in [1.165, 1.54) is 5.56 Å². The maximum absolute atomic E-state index is 12.7. The third kappa shape index (κ3) is 3.82. The summed E-state index contributed by atoms with van der Waals surface area (Å²) in [5, 5.41) is 4.52. The van der Waals surface area contributed by atoms with Crippen molar-refractivity contribution < 1.29 is 4.79 Å². The van der Waals surface area contributed by atoms with E-state index in [2.05, 4.69) is 22.2 Å². The molecule has 0 bridgehead atoms. The third-order valence-electron chi connectivity index (χ3n) is 4.44. The molecule has 0 spiro atoms. The van der Waals surface area contributed by atoms with Gasteiger partial charge in [-0.1, -0.05) is 48.0 Å². The molecule has 5 heteroatoms. The first-order valence-corrected chi connectivity index (χ1v) is 8.80. The summed E-state index contributed by atoms with van der Waals surface area (Å²) in [6, 6.07) is 18.2. The van der Waals surface area contributed by atoms with Gasteiger partial charge in [0, 0.05) is 19.5 Å². The summed E-state index contributed by atoms with van der Waals surface area (Å²) in [5.74, 6) is 0.813. The van der Waals surface area contributed by atoms with E-state index in [4.69, 9.17) is 0 Å². The zero-order valence-corrected chi connectivity index (χ0v) is 15.7. The molecule has 0 saturated carbocycles. The van der Waals surface area contributed by atoms with Gasteiger partial charge in [0.25, 0.3) is 5.91 Å². The number of carbonyl (C=O) groups is 1. The average molecular weight is 348 g/mol. The summed E-state index contributed by atoms with van der Waals surface area (Å²) < 4.78 is 1.77. The Labute approximate surface area is 154 Å². The van der Waals surface area contributed by atoms with Gasteiger partial charge in [0.1, 0.15) is 5.82 Å². The van der Waals surface area contributed by atoms with E-state index < -0.39 is 0 Å². The average Bonchev–Trinajstić information content (AvgIpc) is 3.05. The topological polar surface area (TPSA) is 51.0 Å². The lowest BCUT2D eigenvalue weighted by atomic mass is 10.1. The number of aryl methyl sites for hydroxylation is 1. The van der Waals surface area contributed by atoms with E-state index >= 15 is 0 Å². The summed E-state index contributed by atoms with van der Waals surface area (Å²) >= 11 is 0. The van der Waals surface area contributed by atoms with Gasteiger partial charge in [0.15, 0.2) is 0 Å². The standard InChI is InChI=1S/C21H24N4O/c1-15(2)24(4)21(26)20-22-19(14-17-8-6-5-7-9-17)25(23-20)18-12-10-16(3)11-13-18/h5-13,15H,14H2,1-4H3. The fourth-order valence-corrected chi connectivity index (χ4v) is 2.61. The number of hydrogen-bond donors (Lipinski definition) is 0. The number of rotatable bonds is 5. The summed E-state index contributed by atoms with van der Waals surface area (Å²) in [6.07, 6.45) is 0.611. The van der Waals surface area contributed by atoms with Crippen molar-refractivity contribution in [3.8, 4) is 5.69 Å². The van der Waals surface area contributed by atoms with Crippen LogP contribution in [0.4, 0.5) is 0 Å². The van der Waals surface area contributed by atoms with Crippen LogP contribution in [0.2, 0.25) is 0 Å². The minimum Gasteiger partial charge on any atom is -0.337 e. The molecule has 0 unspecified atom stereocenters. The third-order valence-corrected chi connectivity index (χ3v) is 4.44. The molecule has 5 nitrogen and oxygen atoms in total. The van der Waals surface area contributed by atoms with E-state index in [0.717, 1.165) is 17.1 Å². The minimum atomic E-state index is -0.167. The number of aromatic nitrogens is 3. The maximum atomic E-state index is 12.7. The fraction of sp³-hybridized carbons (Fsp3) is 0.286. The maximum Gasteiger partial charge on any atom is 0.293 e. The Kier molecular flexibility index (Phi) is 5.16. The molecule has 1 aromatic heterocycles. The van der Waals surface area contributed by atoms with Gasteiger partial charge >= 0.3 is 0 Å². The van der Waals surface area contributed by atoms with Gasteiger partial charge in [-0.2, -0.15) is 0 Å². The van der Waals surface area contributed by atoms with Gasteiger partial charge in [0.2, 0.25) is 5.82 Å². The monoisotopic (exact) mass is 348 g/mol. The number of nitrogens with zero attached hydrogens (tertiary/aromatic N) is 4. The Morgan fingerprint density at radius 3 is 2.35 bits per heavy atom. The lowest BCUT2D eigenvalue weighted by molar-refractivity contribution is 0.0742. The van der Waals surface area contributed by atoms with E-state index in [-0.39, 0.29) is 17.8 Å². The van der Waals surface area contributed by atoms with Gasteiger partial charge in [0.05, 0.1) is 5.69 Å². The summed E-state index contributed by atoms with van der Waals surface area (Å²) in [5.41, 5.74) is 3.21. The Balaban J connectivity index is 2.02. The molecule has 1 heterocycles. The summed E-state index contributed by atoms with van der Waals surface area (Å²) in [4.78, 5) is 18.9. The number of hydrogen-bond acceptors (Lipinski definition) is 3. The predicted octanol–water partition coefficient (Wildman–Crippen LogP) is 3.65. The number of benzene rings is 2. The zero-order valence-electron chi connectivity index (χ0n) is 15.7. The highest BCUT2D eigenvalue weighted by molar-refractivity contribution is 5.90. The first-order chi connectivity index (χ1) is 12.5. The molecule has 0 N–H and O–H groups in total. The highest BCUT2D eigenvalue weighted by Crippen LogP contribution is 2.16. The lowest BCUT2D eigenvalue weighted by Gasteiger charge is -2.19. The Morgan fingerprint density at radius 1 is 1.08 bits per heavy atom. The van der Waals surface area contributed by atoms with Crippen molar-refractivity contribution in [2.24, 2.45) is 0 Å². The quantitative estimate of drug-likeness (QED) is 0.707. The molecule has 2 aromatic carbocycles. The molecule has 134 valence electrons. The second-order valence-corrected chi connectivity index (χ2v) is 6.77. The largest absolute Gasteiger partial charge is 0.337 e. The van der Waals surface area contributed by atoms with E-state index in [0.29, 0.717) is 6.42 Å². The van der Waals surface area contributed by atoms with Gasteiger partial charge in [-0.15, -0.1) is 5.10 Å². The second-order valence-electron chi connectivity index (χ2n) is 6.77. The molecule has 0 atom stereocenters. The molecule has 0 aliphatic heterocycles. The van der Waals surface area contributed by atoms with Crippen molar-refractivity contribution in [1.29, 1.82) is 0 Å². The summed E-state index contributed by atoms with van der Waals surface area (Å²) in [6.45, 7) is 5.99. The molecule has 26 heavy (non-hydrogen) atoms. The zero-order chi connectivity index (χ0) is 18.7. The van der Waals surface area contributed by atoms with Crippen molar-refractivity contribution in [3.63, 3.8) is 0 Å². The van der Waals surface area contributed by atoms with Crippen LogP contribution in [0.5, 0.6) is 0 Å².